The largest absolute Gasteiger partial charge is 0.308 e. The van der Waals surface area contributed by atoms with Gasteiger partial charge in [0.2, 0.25) is 0 Å². The highest BCUT2D eigenvalue weighted by atomic mass is 19.2. The molecule has 0 aliphatic carbocycles. The molecule has 4 heteroatoms. The molecule has 0 unspecified atom stereocenters. The minimum Gasteiger partial charge on any atom is -0.238 e. The van der Waals surface area contributed by atoms with Crippen molar-refractivity contribution in [3.05, 3.63) is 0 Å². The molecule has 0 amide bonds. The predicted molar refractivity (Wildman–Crippen MR) is 21.2 cm³/mol. The van der Waals surface area contributed by atoms with Crippen molar-refractivity contribution in [3.8, 4) is 0 Å². The van der Waals surface area contributed by atoms with Crippen LogP contribution in [0.3, 0.4) is 0 Å². The molecule has 1 aliphatic rings. The molecule has 1 rings (SSSR count). The Kier molecular flexibility index (Phi) is 0.923. The highest BCUT2D eigenvalue weighted by Crippen LogP contribution is 2.00. The Hall–Kier alpha value is -0.670. The number of aliphatic imine (C=N–C) groups is 1. The van der Waals surface area contributed by atoms with Crippen molar-refractivity contribution in [2.75, 3.05) is 13.1 Å². The summed E-state index contributed by atoms with van der Waals surface area (Å²) < 4.78 is 23.3. The number of halogens is 2. The van der Waals surface area contributed by atoms with E-state index in [0.29, 0.717) is 0 Å². The van der Waals surface area contributed by atoms with E-state index < -0.39 is 6.09 Å². The van der Waals surface area contributed by atoms with E-state index in [-0.39, 0.29) is 18.2 Å². The lowest BCUT2D eigenvalue weighted by atomic mass is 10.7. The monoisotopic (exact) mass is 106 g/mol. The third-order valence-electron chi connectivity index (χ3n) is 0.739. The van der Waals surface area contributed by atoms with Gasteiger partial charge in [-0.3, -0.25) is 0 Å². The summed E-state index contributed by atoms with van der Waals surface area (Å²) in [6.45, 7) is 0.300. The minimum atomic E-state index is -1.000. The summed E-state index contributed by atoms with van der Waals surface area (Å²) in [5.74, 6) is 0. The third kappa shape index (κ3) is 0.679. The second kappa shape index (κ2) is 1.44. The number of hydrogen-bond acceptors (Lipinski definition) is 2. The van der Waals surface area contributed by atoms with Crippen LogP contribution in [0.15, 0.2) is 4.99 Å². The smallest absolute Gasteiger partial charge is 0.238 e. The maximum Gasteiger partial charge on any atom is 0.308 e. The summed E-state index contributed by atoms with van der Waals surface area (Å²) in [5, 5.41) is -0.0139. The summed E-state index contributed by atoms with van der Waals surface area (Å²) in [5.41, 5.74) is 0. The maximum absolute atomic E-state index is 11.6. The molecule has 0 atom stereocenters. The SMILES string of the molecule is FC1=NCCN1F. The Balaban J connectivity index is 2.54. The van der Waals surface area contributed by atoms with Gasteiger partial charge in [-0.1, -0.05) is 4.48 Å². The lowest BCUT2D eigenvalue weighted by Crippen LogP contribution is -2.12. The number of nitrogens with zero attached hydrogens (tertiary/aromatic N) is 2. The van der Waals surface area contributed by atoms with Crippen LogP contribution in [0.5, 0.6) is 0 Å². The molecule has 0 saturated carbocycles. The van der Waals surface area contributed by atoms with Crippen molar-refractivity contribution in [2.45, 2.75) is 0 Å². The topological polar surface area (TPSA) is 15.6 Å². The van der Waals surface area contributed by atoms with Crippen LogP contribution in [0, 0.1) is 0 Å². The van der Waals surface area contributed by atoms with Crippen LogP contribution < -0.4 is 0 Å². The fraction of sp³-hybridized carbons (Fsp3) is 0.667. The van der Waals surface area contributed by atoms with Gasteiger partial charge in [0.05, 0.1) is 13.1 Å². The third-order valence-corrected chi connectivity index (χ3v) is 0.739. The first kappa shape index (κ1) is 4.49. The summed E-state index contributed by atoms with van der Waals surface area (Å²) in [6.07, 6.45) is -1.000. The molecule has 0 aromatic heterocycles. The van der Waals surface area contributed by atoms with E-state index in [4.69, 9.17) is 0 Å². The Labute approximate surface area is 39.4 Å². The Bertz CT molecular complexity index is 101. The van der Waals surface area contributed by atoms with Gasteiger partial charge in [-0.2, -0.15) is 9.51 Å². The maximum atomic E-state index is 11.6. The summed E-state index contributed by atoms with van der Waals surface area (Å²) in [6, 6.07) is 0. The van der Waals surface area contributed by atoms with Crippen LogP contribution in [-0.4, -0.2) is 24.3 Å². The van der Waals surface area contributed by atoms with Gasteiger partial charge in [0.25, 0.3) is 0 Å². The van der Waals surface area contributed by atoms with E-state index in [1.807, 2.05) is 0 Å². The summed E-state index contributed by atoms with van der Waals surface area (Å²) in [7, 11) is 0. The van der Waals surface area contributed by atoms with Crippen molar-refractivity contribution in [1.29, 1.82) is 0 Å². The van der Waals surface area contributed by atoms with Crippen LogP contribution in [-0.2, 0) is 0 Å². The van der Waals surface area contributed by atoms with Crippen molar-refractivity contribution in [1.82, 2.24) is 5.12 Å². The summed E-state index contributed by atoms with van der Waals surface area (Å²) in [4.78, 5) is 3.12. The van der Waals surface area contributed by atoms with E-state index in [2.05, 4.69) is 4.99 Å². The molecule has 1 heterocycles. The van der Waals surface area contributed by atoms with E-state index in [9.17, 15) is 8.87 Å². The Morgan fingerprint density at radius 3 is 2.57 bits per heavy atom. The van der Waals surface area contributed by atoms with E-state index >= 15 is 0 Å². The van der Waals surface area contributed by atoms with Gasteiger partial charge in [0.15, 0.2) is 0 Å². The number of hydrogen-bond donors (Lipinski definition) is 0. The van der Waals surface area contributed by atoms with Crippen molar-refractivity contribution in [3.63, 3.8) is 0 Å². The van der Waals surface area contributed by atoms with Gasteiger partial charge < -0.3 is 0 Å². The van der Waals surface area contributed by atoms with E-state index in [0.717, 1.165) is 0 Å². The lowest BCUT2D eigenvalue weighted by Gasteiger charge is -1.95. The van der Waals surface area contributed by atoms with Crippen molar-refractivity contribution in [2.24, 2.45) is 4.99 Å². The molecule has 0 saturated heterocycles. The fourth-order valence-electron chi connectivity index (χ4n) is 0.399. The van der Waals surface area contributed by atoms with E-state index in [1.165, 1.54) is 0 Å². The van der Waals surface area contributed by atoms with Crippen LogP contribution in [0.25, 0.3) is 0 Å². The highest BCUT2D eigenvalue weighted by molar-refractivity contribution is 5.72. The molecule has 2 nitrogen and oxygen atoms in total. The van der Waals surface area contributed by atoms with Crippen molar-refractivity contribution >= 4 is 6.09 Å². The molecule has 0 aromatic rings. The molecule has 0 bridgehead atoms. The van der Waals surface area contributed by atoms with Gasteiger partial charge in [-0.15, -0.1) is 0 Å². The standard InChI is InChI=1S/C3H4F2N2/c4-3-6-1-2-7(3)5/h1-2H2. The normalized spacial score (nSPS) is 20.3. The Morgan fingerprint density at radius 1 is 1.71 bits per heavy atom. The zero-order chi connectivity index (χ0) is 5.28. The quantitative estimate of drug-likeness (QED) is 0.324. The molecule has 1 aliphatic heterocycles. The zero-order valence-corrected chi connectivity index (χ0v) is 3.56. The van der Waals surface area contributed by atoms with Crippen LogP contribution in [0.1, 0.15) is 0 Å². The lowest BCUT2D eigenvalue weighted by molar-refractivity contribution is 0.123. The van der Waals surface area contributed by atoms with Gasteiger partial charge in [-0.05, 0) is 0 Å². The van der Waals surface area contributed by atoms with Crippen molar-refractivity contribution < 1.29 is 8.87 Å². The molecular weight excluding hydrogens is 102 g/mol. The van der Waals surface area contributed by atoms with Crippen LogP contribution in [0.4, 0.5) is 8.87 Å². The van der Waals surface area contributed by atoms with Gasteiger partial charge in [0, 0.05) is 0 Å². The molecule has 7 heavy (non-hydrogen) atoms. The van der Waals surface area contributed by atoms with Gasteiger partial charge in [0.1, 0.15) is 0 Å². The molecule has 0 radical (unpaired) electrons. The summed E-state index contributed by atoms with van der Waals surface area (Å²) >= 11 is 0. The first-order chi connectivity index (χ1) is 3.30. The number of rotatable bonds is 0. The highest BCUT2D eigenvalue weighted by Gasteiger charge is 2.13. The average molecular weight is 106 g/mol. The molecule has 40 valence electrons. The predicted octanol–water partition coefficient (Wildman–Crippen LogP) is 0.512. The minimum absolute atomic E-state index is 0.0139. The molecule has 0 spiro atoms. The molecule has 0 N–H and O–H groups in total. The van der Waals surface area contributed by atoms with Crippen LogP contribution >= 0.6 is 0 Å². The zero-order valence-electron chi connectivity index (χ0n) is 3.56. The molecular formula is C3H4F2N2. The van der Waals surface area contributed by atoms with Gasteiger partial charge >= 0.3 is 6.09 Å². The van der Waals surface area contributed by atoms with Gasteiger partial charge in [-0.25, -0.2) is 4.99 Å². The molecule has 0 aromatic carbocycles. The van der Waals surface area contributed by atoms with E-state index in [1.54, 1.807) is 0 Å². The van der Waals surface area contributed by atoms with Crippen LogP contribution in [0.2, 0.25) is 0 Å². The second-order valence-electron chi connectivity index (χ2n) is 1.24. The first-order valence-electron chi connectivity index (χ1n) is 1.94. The second-order valence-corrected chi connectivity index (χ2v) is 1.24. The molecule has 0 fully saturated rings. The average Bonchev–Trinajstić information content (AvgIpc) is 1.91. The first-order valence-corrected chi connectivity index (χ1v) is 1.94. The number of amidine groups is 1. The Morgan fingerprint density at radius 2 is 2.43 bits per heavy atom. The fourth-order valence-corrected chi connectivity index (χ4v) is 0.399.